The molecule has 1 aliphatic rings. The Labute approximate surface area is 163 Å². The molecule has 1 atom stereocenters. The number of pyridine rings is 1. The molecule has 0 spiro atoms. The van der Waals surface area contributed by atoms with Gasteiger partial charge in [-0.3, -0.25) is 9.78 Å². The monoisotopic (exact) mass is 403 g/mol. The van der Waals surface area contributed by atoms with Gasteiger partial charge in [-0.2, -0.15) is 18.2 Å². The summed E-state index contributed by atoms with van der Waals surface area (Å²) in [6.45, 7) is 0.424. The molecule has 1 amide bonds. The van der Waals surface area contributed by atoms with Crippen LogP contribution < -0.4 is 10.6 Å². The van der Waals surface area contributed by atoms with E-state index in [9.17, 15) is 18.0 Å². The molecule has 3 aromatic rings. The van der Waals surface area contributed by atoms with E-state index in [1.807, 2.05) is 24.3 Å². The highest BCUT2D eigenvalue weighted by molar-refractivity contribution is 5.92. The van der Waals surface area contributed by atoms with Gasteiger partial charge in [0.15, 0.2) is 0 Å². The normalized spacial score (nSPS) is 16.8. The van der Waals surface area contributed by atoms with E-state index in [1.54, 1.807) is 12.1 Å². The largest absolute Gasteiger partial charge is 0.471 e. The fourth-order valence-electron chi connectivity index (χ4n) is 3.12. The molecule has 0 radical (unpaired) electrons. The van der Waals surface area contributed by atoms with E-state index in [2.05, 4.69) is 30.3 Å². The molecular weight excluding hydrogens is 387 g/mol. The molecule has 150 valence electrons. The van der Waals surface area contributed by atoms with E-state index in [0.29, 0.717) is 30.6 Å². The Morgan fingerprint density at radius 1 is 1.21 bits per heavy atom. The standard InChI is InChI=1S/C19H16F3N5O2/c20-19(21,22)18-26-17(27-29-18)11-5-6-12(23-9-11)10-24-14-7-8-16(28)25-15-4-2-1-3-13(14)15/h1-6,9,14,24H,7-8,10H2,(H,25,28). The van der Waals surface area contributed by atoms with Gasteiger partial charge in [0.2, 0.25) is 11.7 Å². The lowest BCUT2D eigenvalue weighted by Gasteiger charge is -2.18. The number of hydrogen-bond donors (Lipinski definition) is 2. The molecule has 0 saturated heterocycles. The average Bonchev–Trinajstić information content (AvgIpc) is 3.14. The van der Waals surface area contributed by atoms with Gasteiger partial charge in [0.1, 0.15) is 0 Å². The van der Waals surface area contributed by atoms with Gasteiger partial charge in [-0.15, -0.1) is 0 Å². The Balaban J connectivity index is 1.45. The smallest absolute Gasteiger partial charge is 0.329 e. The van der Waals surface area contributed by atoms with Crippen LogP contribution in [-0.2, 0) is 17.5 Å². The molecule has 4 rings (SSSR count). The third kappa shape index (κ3) is 4.27. The summed E-state index contributed by atoms with van der Waals surface area (Å²) >= 11 is 0. The van der Waals surface area contributed by atoms with Crippen LogP contribution in [0.1, 0.15) is 36.0 Å². The molecule has 10 heteroatoms. The van der Waals surface area contributed by atoms with Gasteiger partial charge in [-0.1, -0.05) is 23.4 Å². The number of fused-ring (bicyclic) bond motifs is 1. The van der Waals surface area contributed by atoms with Crippen LogP contribution in [-0.4, -0.2) is 21.0 Å². The lowest BCUT2D eigenvalue weighted by molar-refractivity contribution is -0.159. The summed E-state index contributed by atoms with van der Waals surface area (Å²) in [6.07, 6.45) is -2.25. The van der Waals surface area contributed by atoms with Crippen LogP contribution in [0, 0.1) is 0 Å². The van der Waals surface area contributed by atoms with E-state index in [1.165, 1.54) is 6.20 Å². The van der Waals surface area contributed by atoms with E-state index in [4.69, 9.17) is 0 Å². The van der Waals surface area contributed by atoms with E-state index < -0.39 is 12.1 Å². The summed E-state index contributed by atoms with van der Waals surface area (Å²) in [4.78, 5) is 19.5. The topological polar surface area (TPSA) is 92.9 Å². The van der Waals surface area contributed by atoms with Crippen LogP contribution in [0.5, 0.6) is 0 Å². The fourth-order valence-corrected chi connectivity index (χ4v) is 3.12. The van der Waals surface area contributed by atoms with Crippen LogP contribution in [0.25, 0.3) is 11.4 Å². The summed E-state index contributed by atoms with van der Waals surface area (Å²) in [5.41, 5.74) is 2.80. The Morgan fingerprint density at radius 2 is 2.03 bits per heavy atom. The minimum absolute atomic E-state index is 0.0254. The van der Waals surface area contributed by atoms with Gasteiger partial charge in [0, 0.05) is 36.5 Å². The molecule has 1 aliphatic heterocycles. The number of rotatable bonds is 4. The molecule has 0 aliphatic carbocycles. The quantitative estimate of drug-likeness (QED) is 0.690. The lowest BCUT2D eigenvalue weighted by Crippen LogP contribution is -2.21. The van der Waals surface area contributed by atoms with Crippen LogP contribution in [0.2, 0.25) is 0 Å². The van der Waals surface area contributed by atoms with Crippen molar-refractivity contribution in [2.24, 2.45) is 0 Å². The van der Waals surface area contributed by atoms with E-state index in [0.717, 1.165) is 11.3 Å². The van der Waals surface area contributed by atoms with Gasteiger partial charge in [0.05, 0.1) is 5.69 Å². The molecule has 0 saturated carbocycles. The zero-order valence-corrected chi connectivity index (χ0v) is 15.0. The first-order chi connectivity index (χ1) is 13.9. The summed E-state index contributed by atoms with van der Waals surface area (Å²) in [7, 11) is 0. The number of carbonyl (C=O) groups is 1. The van der Waals surface area contributed by atoms with Crippen molar-refractivity contribution in [3.05, 3.63) is 59.7 Å². The summed E-state index contributed by atoms with van der Waals surface area (Å²) in [5.74, 6) is -1.59. The van der Waals surface area contributed by atoms with Crippen molar-refractivity contribution >= 4 is 11.6 Å². The van der Waals surface area contributed by atoms with Crippen molar-refractivity contribution in [2.75, 3.05) is 5.32 Å². The predicted molar refractivity (Wildman–Crippen MR) is 96.4 cm³/mol. The predicted octanol–water partition coefficient (Wildman–Crippen LogP) is 3.71. The maximum Gasteiger partial charge on any atom is 0.471 e. The second-order valence-electron chi connectivity index (χ2n) is 6.57. The number of para-hydroxylation sites is 1. The minimum Gasteiger partial charge on any atom is -0.329 e. The van der Waals surface area contributed by atoms with Gasteiger partial charge in [-0.05, 0) is 30.2 Å². The molecule has 1 aromatic carbocycles. The Bertz CT molecular complexity index is 1020. The number of carbonyl (C=O) groups excluding carboxylic acids is 1. The third-order valence-corrected chi connectivity index (χ3v) is 4.55. The SMILES string of the molecule is O=C1CCC(NCc2ccc(-c3noc(C(F)(F)F)n3)cn2)c2ccccc2N1. The number of halogens is 3. The molecule has 0 bridgehead atoms. The first-order valence-electron chi connectivity index (χ1n) is 8.88. The zero-order chi connectivity index (χ0) is 20.4. The highest BCUT2D eigenvalue weighted by Crippen LogP contribution is 2.30. The van der Waals surface area contributed by atoms with Crippen molar-refractivity contribution in [2.45, 2.75) is 31.6 Å². The van der Waals surface area contributed by atoms with Crippen LogP contribution in [0.15, 0.2) is 47.1 Å². The van der Waals surface area contributed by atoms with Crippen molar-refractivity contribution in [3.8, 4) is 11.4 Å². The Hall–Kier alpha value is -3.27. The van der Waals surface area contributed by atoms with Crippen molar-refractivity contribution in [1.29, 1.82) is 0 Å². The fraction of sp³-hybridized carbons (Fsp3) is 0.263. The highest BCUT2D eigenvalue weighted by Gasteiger charge is 2.38. The van der Waals surface area contributed by atoms with Gasteiger partial charge in [-0.25, -0.2) is 0 Å². The second-order valence-corrected chi connectivity index (χ2v) is 6.57. The third-order valence-electron chi connectivity index (χ3n) is 4.55. The molecule has 0 fully saturated rings. The number of benzene rings is 1. The molecule has 7 nitrogen and oxygen atoms in total. The maximum absolute atomic E-state index is 12.6. The first-order valence-corrected chi connectivity index (χ1v) is 8.88. The zero-order valence-electron chi connectivity index (χ0n) is 15.0. The second kappa shape index (κ2) is 7.63. The molecular formula is C19H16F3N5O2. The number of nitrogens with zero attached hydrogens (tertiary/aromatic N) is 3. The summed E-state index contributed by atoms with van der Waals surface area (Å²) in [5, 5.41) is 9.62. The number of anilines is 1. The number of nitrogens with one attached hydrogen (secondary N) is 2. The first kappa shape index (κ1) is 19.1. The summed E-state index contributed by atoms with van der Waals surface area (Å²) < 4.78 is 41.9. The number of alkyl halides is 3. The van der Waals surface area contributed by atoms with Gasteiger partial charge < -0.3 is 15.2 Å². The lowest BCUT2D eigenvalue weighted by atomic mass is 10.0. The number of aromatic nitrogens is 3. The van der Waals surface area contributed by atoms with E-state index >= 15 is 0 Å². The molecule has 1 unspecified atom stereocenters. The van der Waals surface area contributed by atoms with Crippen molar-refractivity contribution < 1.29 is 22.5 Å². The van der Waals surface area contributed by atoms with Gasteiger partial charge >= 0.3 is 12.1 Å². The molecule has 2 aromatic heterocycles. The van der Waals surface area contributed by atoms with E-state index in [-0.39, 0.29) is 17.8 Å². The van der Waals surface area contributed by atoms with Crippen molar-refractivity contribution in [3.63, 3.8) is 0 Å². The highest BCUT2D eigenvalue weighted by atomic mass is 19.4. The van der Waals surface area contributed by atoms with Gasteiger partial charge in [0.25, 0.3) is 0 Å². The van der Waals surface area contributed by atoms with Crippen LogP contribution in [0.4, 0.5) is 18.9 Å². The average molecular weight is 403 g/mol. The molecule has 29 heavy (non-hydrogen) atoms. The van der Waals surface area contributed by atoms with Crippen molar-refractivity contribution in [1.82, 2.24) is 20.4 Å². The minimum atomic E-state index is -4.69. The van der Waals surface area contributed by atoms with Crippen LogP contribution in [0.3, 0.4) is 0 Å². The maximum atomic E-state index is 12.6. The molecule has 2 N–H and O–H groups in total. The van der Waals surface area contributed by atoms with Crippen LogP contribution >= 0.6 is 0 Å². The summed E-state index contributed by atoms with van der Waals surface area (Å²) in [6, 6.07) is 10.8. The Morgan fingerprint density at radius 3 is 2.76 bits per heavy atom. The number of amides is 1. The Kier molecular flexibility index (Phi) is 5.01. The number of hydrogen-bond acceptors (Lipinski definition) is 6. The molecule has 3 heterocycles.